The van der Waals surface area contributed by atoms with Gasteiger partial charge >= 0.3 is 0 Å². The lowest BCUT2D eigenvalue weighted by molar-refractivity contribution is -0.120. The van der Waals surface area contributed by atoms with E-state index in [1.807, 2.05) is 13.8 Å². The minimum Gasteiger partial charge on any atom is -0.504 e. The molecule has 1 heterocycles. The molecule has 0 saturated carbocycles. The number of nitrogens with one attached hydrogen (secondary N) is 1. The number of carbonyl (C=O) groups excluding carboxylic acids is 1. The van der Waals surface area contributed by atoms with Crippen molar-refractivity contribution in [2.45, 2.75) is 26.2 Å². The van der Waals surface area contributed by atoms with Gasteiger partial charge in [-0.05, 0) is 30.4 Å². The van der Waals surface area contributed by atoms with Crippen molar-refractivity contribution in [1.29, 1.82) is 5.26 Å². The zero-order valence-electron chi connectivity index (χ0n) is 12.5. The number of nitriles is 1. The first-order valence-electron chi connectivity index (χ1n) is 7.13. The van der Waals surface area contributed by atoms with E-state index in [0.29, 0.717) is 23.0 Å². The van der Waals surface area contributed by atoms with Crippen molar-refractivity contribution in [3.05, 3.63) is 34.4 Å². The van der Waals surface area contributed by atoms with Crippen LogP contribution in [0.25, 0.3) is 0 Å². The predicted molar refractivity (Wildman–Crippen MR) is 85.5 cm³/mol. The molecule has 6 heteroatoms. The molecular weight excluding hydrogens is 300 g/mol. The van der Waals surface area contributed by atoms with Crippen molar-refractivity contribution < 1.29 is 14.6 Å². The van der Waals surface area contributed by atoms with Gasteiger partial charge in [-0.2, -0.15) is 5.26 Å². The lowest BCUT2D eigenvalue weighted by Gasteiger charge is -2.25. The van der Waals surface area contributed by atoms with Crippen LogP contribution < -0.4 is 10.1 Å². The molecule has 1 aromatic carbocycles. The van der Waals surface area contributed by atoms with Crippen molar-refractivity contribution in [3.63, 3.8) is 0 Å². The highest BCUT2D eigenvalue weighted by molar-refractivity contribution is 8.03. The molecule has 0 saturated heterocycles. The van der Waals surface area contributed by atoms with E-state index in [-0.39, 0.29) is 24.0 Å². The summed E-state index contributed by atoms with van der Waals surface area (Å²) in [6.45, 7) is 4.23. The Kier molecular flexibility index (Phi) is 5.34. The normalized spacial score (nSPS) is 17.9. The van der Waals surface area contributed by atoms with E-state index in [4.69, 9.17) is 4.74 Å². The second-order valence-corrected chi connectivity index (χ2v) is 6.03. The van der Waals surface area contributed by atoms with E-state index in [1.165, 1.54) is 17.8 Å². The highest BCUT2D eigenvalue weighted by Gasteiger charge is 2.29. The third kappa shape index (κ3) is 3.37. The molecule has 1 aromatic rings. The lowest BCUT2D eigenvalue weighted by Crippen LogP contribution is -2.30. The average molecular weight is 318 g/mol. The highest BCUT2D eigenvalue weighted by atomic mass is 32.2. The summed E-state index contributed by atoms with van der Waals surface area (Å²) < 4.78 is 5.38. The summed E-state index contributed by atoms with van der Waals surface area (Å²) in [4.78, 5) is 11.9. The van der Waals surface area contributed by atoms with Gasteiger partial charge in [-0.15, -0.1) is 11.8 Å². The molecule has 1 aliphatic rings. The second-order valence-electron chi connectivity index (χ2n) is 4.75. The lowest BCUT2D eigenvalue weighted by atomic mass is 9.87. The van der Waals surface area contributed by atoms with Crippen molar-refractivity contribution in [2.24, 2.45) is 0 Å². The molecule has 0 unspecified atom stereocenters. The number of benzene rings is 1. The summed E-state index contributed by atoms with van der Waals surface area (Å²) in [6, 6.07) is 7.18. The first-order valence-corrected chi connectivity index (χ1v) is 8.11. The molecule has 1 amide bonds. The molecule has 0 radical (unpaired) electrons. The smallest absolute Gasteiger partial charge is 0.225 e. The predicted octanol–water partition coefficient (Wildman–Crippen LogP) is 2.88. The Bertz CT molecular complexity index is 649. The summed E-state index contributed by atoms with van der Waals surface area (Å²) >= 11 is 1.45. The number of ether oxygens (including phenoxy) is 1. The SMILES string of the molecule is CCOc1cc([C@H]2CC(=O)NC(SCC)=C2C#N)ccc1O. The summed E-state index contributed by atoms with van der Waals surface area (Å²) in [5, 5.41) is 22.7. The largest absolute Gasteiger partial charge is 0.504 e. The Labute approximate surface area is 134 Å². The molecule has 116 valence electrons. The number of hydrogen-bond acceptors (Lipinski definition) is 5. The zero-order chi connectivity index (χ0) is 16.1. The maximum absolute atomic E-state index is 11.9. The van der Waals surface area contributed by atoms with Gasteiger partial charge in [-0.3, -0.25) is 4.79 Å². The van der Waals surface area contributed by atoms with E-state index in [9.17, 15) is 15.2 Å². The minimum absolute atomic E-state index is 0.0523. The second kappa shape index (κ2) is 7.23. The van der Waals surface area contributed by atoms with Crippen LogP contribution in [-0.2, 0) is 4.79 Å². The van der Waals surface area contributed by atoms with Crippen LogP contribution in [0.2, 0.25) is 0 Å². The Balaban J connectivity index is 2.45. The molecule has 22 heavy (non-hydrogen) atoms. The molecule has 2 N–H and O–H groups in total. The monoisotopic (exact) mass is 318 g/mol. The summed E-state index contributed by atoms with van der Waals surface area (Å²) in [6.07, 6.45) is 0.215. The van der Waals surface area contributed by atoms with Crippen LogP contribution >= 0.6 is 11.8 Å². The van der Waals surface area contributed by atoms with Gasteiger partial charge in [0.1, 0.15) is 0 Å². The van der Waals surface area contributed by atoms with E-state index < -0.39 is 0 Å². The van der Waals surface area contributed by atoms with Crippen molar-refractivity contribution in [1.82, 2.24) is 5.32 Å². The van der Waals surface area contributed by atoms with Crippen LogP contribution in [-0.4, -0.2) is 23.4 Å². The molecule has 0 spiro atoms. The Morgan fingerprint density at radius 2 is 2.27 bits per heavy atom. The fraction of sp³-hybridized carbons (Fsp3) is 0.375. The van der Waals surface area contributed by atoms with Gasteiger partial charge in [-0.25, -0.2) is 0 Å². The van der Waals surface area contributed by atoms with E-state index in [1.54, 1.807) is 12.1 Å². The first-order chi connectivity index (χ1) is 10.6. The number of nitrogens with zero attached hydrogens (tertiary/aromatic N) is 1. The van der Waals surface area contributed by atoms with E-state index in [2.05, 4.69) is 11.4 Å². The van der Waals surface area contributed by atoms with Gasteiger partial charge in [0.15, 0.2) is 11.5 Å². The summed E-state index contributed by atoms with van der Waals surface area (Å²) in [7, 11) is 0. The topological polar surface area (TPSA) is 82.3 Å². The number of aromatic hydroxyl groups is 1. The van der Waals surface area contributed by atoms with Crippen LogP contribution in [0.3, 0.4) is 0 Å². The van der Waals surface area contributed by atoms with Gasteiger partial charge in [-0.1, -0.05) is 13.0 Å². The molecule has 1 aliphatic heterocycles. The van der Waals surface area contributed by atoms with E-state index in [0.717, 1.165) is 11.3 Å². The number of amides is 1. The minimum atomic E-state index is -0.312. The number of allylic oxidation sites excluding steroid dienone is 1. The molecule has 0 fully saturated rings. The van der Waals surface area contributed by atoms with Gasteiger partial charge in [0, 0.05) is 12.3 Å². The number of phenols is 1. The quantitative estimate of drug-likeness (QED) is 0.872. The molecule has 2 rings (SSSR count). The van der Waals surface area contributed by atoms with Crippen LogP contribution in [0.1, 0.15) is 31.7 Å². The maximum Gasteiger partial charge on any atom is 0.225 e. The number of carbonyl (C=O) groups is 1. The van der Waals surface area contributed by atoms with Gasteiger partial charge < -0.3 is 15.2 Å². The summed E-state index contributed by atoms with van der Waals surface area (Å²) in [5.74, 6) is 0.774. The molecule has 0 aliphatic carbocycles. The molecular formula is C16H18N2O3S. The van der Waals surface area contributed by atoms with Crippen LogP contribution in [0.4, 0.5) is 0 Å². The van der Waals surface area contributed by atoms with Gasteiger partial charge in [0.25, 0.3) is 0 Å². The zero-order valence-corrected chi connectivity index (χ0v) is 13.4. The molecule has 5 nitrogen and oxygen atoms in total. The molecule has 1 atom stereocenters. The van der Waals surface area contributed by atoms with Crippen LogP contribution in [0.5, 0.6) is 11.5 Å². The standard InChI is InChI=1S/C16H18N2O3S/c1-3-21-14-7-10(5-6-13(14)19)11-8-15(20)18-16(22-4-2)12(11)9-17/h5-7,11,19H,3-4,8H2,1-2H3,(H,18,20)/t11-/m1/s1. The van der Waals surface area contributed by atoms with Crippen molar-refractivity contribution in [2.75, 3.05) is 12.4 Å². The average Bonchev–Trinajstić information content (AvgIpc) is 2.49. The number of phenolic OH excluding ortho intramolecular Hbond substituents is 1. The van der Waals surface area contributed by atoms with Crippen molar-refractivity contribution in [3.8, 4) is 17.6 Å². The van der Waals surface area contributed by atoms with Crippen LogP contribution in [0, 0.1) is 11.3 Å². The third-order valence-electron chi connectivity index (χ3n) is 3.33. The van der Waals surface area contributed by atoms with Crippen molar-refractivity contribution >= 4 is 17.7 Å². The molecule has 0 bridgehead atoms. The third-order valence-corrected chi connectivity index (χ3v) is 4.23. The van der Waals surface area contributed by atoms with Gasteiger partial charge in [0.05, 0.1) is 23.3 Å². The Morgan fingerprint density at radius 1 is 1.50 bits per heavy atom. The molecule has 0 aromatic heterocycles. The number of thioether (sulfide) groups is 1. The fourth-order valence-corrected chi connectivity index (χ4v) is 3.20. The number of rotatable bonds is 5. The summed E-state index contributed by atoms with van der Waals surface area (Å²) in [5.41, 5.74) is 1.35. The number of hydrogen-bond donors (Lipinski definition) is 2. The van der Waals surface area contributed by atoms with Gasteiger partial charge in [0.2, 0.25) is 5.91 Å². The Hall–Kier alpha value is -2.13. The maximum atomic E-state index is 11.9. The highest BCUT2D eigenvalue weighted by Crippen LogP contribution is 2.38. The Morgan fingerprint density at radius 3 is 2.91 bits per heavy atom. The van der Waals surface area contributed by atoms with Crippen LogP contribution in [0.15, 0.2) is 28.8 Å². The van der Waals surface area contributed by atoms with E-state index >= 15 is 0 Å². The first kappa shape index (κ1) is 16.2. The fourth-order valence-electron chi connectivity index (χ4n) is 2.38.